The molecule has 7 nitrogen and oxygen atoms in total. The number of imide groups is 1. The fourth-order valence-electron chi connectivity index (χ4n) is 3.40. The number of carbonyl (C=O) groups excluding carboxylic acids is 3. The van der Waals surface area contributed by atoms with Crippen molar-refractivity contribution in [2.75, 3.05) is 17.6 Å². The number of nitrogen functional groups attached to an aromatic ring is 1. The van der Waals surface area contributed by atoms with Crippen molar-refractivity contribution in [3.63, 3.8) is 0 Å². The third kappa shape index (κ3) is 2.93. The first-order valence-electron chi connectivity index (χ1n) is 8.21. The number of benzene rings is 1. The van der Waals surface area contributed by atoms with E-state index in [-0.39, 0.29) is 24.8 Å². The molecule has 0 bridgehead atoms. The van der Waals surface area contributed by atoms with Crippen molar-refractivity contribution >= 4 is 29.2 Å². The lowest BCUT2D eigenvalue weighted by Crippen LogP contribution is -2.44. The Labute approximate surface area is 140 Å². The van der Waals surface area contributed by atoms with Crippen LogP contribution in [0.4, 0.5) is 16.2 Å². The van der Waals surface area contributed by atoms with Gasteiger partial charge >= 0.3 is 6.03 Å². The summed E-state index contributed by atoms with van der Waals surface area (Å²) in [7, 11) is 0. The summed E-state index contributed by atoms with van der Waals surface area (Å²) in [6.45, 7) is 1.95. The van der Waals surface area contributed by atoms with Gasteiger partial charge < -0.3 is 16.4 Å². The largest absolute Gasteiger partial charge is 0.399 e. The van der Waals surface area contributed by atoms with Crippen LogP contribution in [0.2, 0.25) is 0 Å². The number of nitrogens with zero attached hydrogens (tertiary/aromatic N) is 1. The van der Waals surface area contributed by atoms with Gasteiger partial charge in [-0.1, -0.05) is 18.9 Å². The van der Waals surface area contributed by atoms with Gasteiger partial charge in [0.1, 0.15) is 5.54 Å². The first-order chi connectivity index (χ1) is 11.4. The van der Waals surface area contributed by atoms with Gasteiger partial charge in [-0.3, -0.25) is 14.5 Å². The van der Waals surface area contributed by atoms with E-state index in [1.807, 2.05) is 13.0 Å². The topological polar surface area (TPSA) is 105 Å². The fraction of sp³-hybridized carbons (Fsp3) is 0.471. The summed E-state index contributed by atoms with van der Waals surface area (Å²) in [5.74, 6) is -0.449. The number of nitrogens with one attached hydrogen (secondary N) is 2. The summed E-state index contributed by atoms with van der Waals surface area (Å²) in [5.41, 5.74) is 7.10. The van der Waals surface area contributed by atoms with E-state index >= 15 is 0 Å². The molecule has 2 aliphatic rings. The minimum absolute atomic E-state index is 0.0590. The van der Waals surface area contributed by atoms with Crippen molar-refractivity contribution in [3.8, 4) is 0 Å². The van der Waals surface area contributed by atoms with Crippen molar-refractivity contribution in [3.05, 3.63) is 23.8 Å². The molecule has 7 heteroatoms. The van der Waals surface area contributed by atoms with Gasteiger partial charge in [-0.15, -0.1) is 0 Å². The zero-order valence-corrected chi connectivity index (χ0v) is 13.7. The molecule has 24 heavy (non-hydrogen) atoms. The number of aryl methyl sites for hydroxylation is 1. The second kappa shape index (κ2) is 6.14. The van der Waals surface area contributed by atoms with Crippen molar-refractivity contribution in [2.24, 2.45) is 0 Å². The first-order valence-corrected chi connectivity index (χ1v) is 8.21. The smallest absolute Gasteiger partial charge is 0.325 e. The van der Waals surface area contributed by atoms with Gasteiger partial charge in [0.05, 0.1) is 0 Å². The van der Waals surface area contributed by atoms with Crippen LogP contribution in [0.1, 0.15) is 37.7 Å². The van der Waals surface area contributed by atoms with Gasteiger partial charge in [0.2, 0.25) is 5.91 Å². The zero-order chi connectivity index (χ0) is 17.3. The Balaban J connectivity index is 1.59. The van der Waals surface area contributed by atoms with Gasteiger partial charge in [0.15, 0.2) is 0 Å². The summed E-state index contributed by atoms with van der Waals surface area (Å²) in [4.78, 5) is 37.9. The number of anilines is 2. The third-order valence-corrected chi connectivity index (χ3v) is 4.80. The highest BCUT2D eigenvalue weighted by atomic mass is 16.2. The molecule has 1 saturated heterocycles. The Morgan fingerprint density at radius 1 is 1.33 bits per heavy atom. The van der Waals surface area contributed by atoms with E-state index in [0.717, 1.165) is 23.3 Å². The maximum atomic E-state index is 12.5. The van der Waals surface area contributed by atoms with Crippen LogP contribution in [0.15, 0.2) is 18.2 Å². The number of hydrogen-bond acceptors (Lipinski definition) is 4. The molecular formula is C17H22N4O3. The average Bonchev–Trinajstić information content (AvgIpc) is 3.08. The summed E-state index contributed by atoms with van der Waals surface area (Å²) < 4.78 is 0. The summed E-state index contributed by atoms with van der Waals surface area (Å²) in [5, 5.41) is 5.59. The van der Waals surface area contributed by atoms with E-state index in [2.05, 4.69) is 10.6 Å². The minimum atomic E-state index is -0.724. The Morgan fingerprint density at radius 3 is 2.75 bits per heavy atom. The van der Waals surface area contributed by atoms with E-state index in [0.29, 0.717) is 24.2 Å². The molecule has 1 spiro atoms. The molecule has 0 radical (unpaired) electrons. The predicted octanol–water partition coefficient (Wildman–Crippen LogP) is 1.77. The van der Waals surface area contributed by atoms with E-state index in [1.165, 1.54) is 0 Å². The monoisotopic (exact) mass is 330 g/mol. The highest BCUT2D eigenvalue weighted by Gasteiger charge is 2.52. The normalized spacial score (nSPS) is 19.0. The van der Waals surface area contributed by atoms with Gasteiger partial charge in [-0.25, -0.2) is 4.79 Å². The van der Waals surface area contributed by atoms with Crippen molar-refractivity contribution in [1.82, 2.24) is 10.2 Å². The number of amides is 4. The molecule has 3 rings (SSSR count). The van der Waals surface area contributed by atoms with Crippen molar-refractivity contribution in [2.45, 2.75) is 44.6 Å². The highest BCUT2D eigenvalue weighted by molar-refractivity contribution is 6.07. The minimum Gasteiger partial charge on any atom is -0.399 e. The lowest BCUT2D eigenvalue weighted by atomic mass is 9.98. The molecule has 1 aliphatic carbocycles. The van der Waals surface area contributed by atoms with Crippen LogP contribution < -0.4 is 16.4 Å². The van der Waals surface area contributed by atoms with Crippen LogP contribution in [0.25, 0.3) is 0 Å². The van der Waals surface area contributed by atoms with Crippen LogP contribution in [0.5, 0.6) is 0 Å². The van der Waals surface area contributed by atoms with Gasteiger partial charge in [-0.2, -0.15) is 0 Å². The molecule has 1 heterocycles. The summed E-state index contributed by atoms with van der Waals surface area (Å²) in [6, 6.07) is 4.88. The quantitative estimate of drug-likeness (QED) is 0.578. The Morgan fingerprint density at radius 2 is 2.04 bits per heavy atom. The lowest BCUT2D eigenvalue weighted by molar-refractivity contribution is -0.131. The molecular weight excluding hydrogens is 308 g/mol. The lowest BCUT2D eigenvalue weighted by Gasteiger charge is -2.20. The molecule has 1 aromatic rings. The number of carbonyl (C=O) groups is 3. The van der Waals surface area contributed by atoms with Gasteiger partial charge in [0, 0.05) is 24.3 Å². The SMILES string of the molecule is Cc1ccc(N)cc1NC(=O)CCN1C(=O)NC2(CCCC2)C1=O. The Bertz CT molecular complexity index is 695. The number of nitrogens with two attached hydrogens (primary N) is 1. The van der Waals surface area contributed by atoms with Gasteiger partial charge in [-0.05, 0) is 37.5 Å². The van der Waals surface area contributed by atoms with Crippen LogP contribution >= 0.6 is 0 Å². The fourth-order valence-corrected chi connectivity index (χ4v) is 3.40. The number of urea groups is 1. The predicted molar refractivity (Wildman–Crippen MR) is 90.3 cm³/mol. The molecule has 4 N–H and O–H groups in total. The second-order valence-corrected chi connectivity index (χ2v) is 6.55. The van der Waals surface area contributed by atoms with Crippen LogP contribution in [-0.2, 0) is 9.59 Å². The van der Waals surface area contributed by atoms with E-state index in [4.69, 9.17) is 5.73 Å². The van der Waals surface area contributed by atoms with Crippen molar-refractivity contribution in [1.29, 1.82) is 0 Å². The molecule has 1 aromatic carbocycles. The van der Waals surface area contributed by atoms with E-state index in [1.54, 1.807) is 12.1 Å². The number of hydrogen-bond donors (Lipinski definition) is 3. The summed E-state index contributed by atoms with van der Waals surface area (Å²) in [6.07, 6.45) is 3.30. The Kier molecular flexibility index (Phi) is 4.17. The molecule has 128 valence electrons. The molecule has 2 fully saturated rings. The maximum absolute atomic E-state index is 12.5. The zero-order valence-electron chi connectivity index (χ0n) is 13.7. The van der Waals surface area contributed by atoms with E-state index < -0.39 is 11.6 Å². The molecule has 1 aliphatic heterocycles. The summed E-state index contributed by atoms with van der Waals surface area (Å²) >= 11 is 0. The number of rotatable bonds is 4. The molecule has 1 saturated carbocycles. The van der Waals surface area contributed by atoms with Crippen LogP contribution in [0, 0.1) is 6.92 Å². The molecule has 4 amide bonds. The molecule has 0 unspecified atom stereocenters. The van der Waals surface area contributed by atoms with Gasteiger partial charge in [0.25, 0.3) is 5.91 Å². The first kappa shape index (κ1) is 16.3. The van der Waals surface area contributed by atoms with Crippen LogP contribution in [0.3, 0.4) is 0 Å². The molecule has 0 aromatic heterocycles. The van der Waals surface area contributed by atoms with Crippen molar-refractivity contribution < 1.29 is 14.4 Å². The molecule has 0 atom stereocenters. The van der Waals surface area contributed by atoms with E-state index in [9.17, 15) is 14.4 Å². The maximum Gasteiger partial charge on any atom is 0.325 e. The third-order valence-electron chi connectivity index (χ3n) is 4.80. The second-order valence-electron chi connectivity index (χ2n) is 6.55. The Hall–Kier alpha value is -2.57. The van der Waals surface area contributed by atoms with Crippen LogP contribution in [-0.4, -0.2) is 34.8 Å². The highest BCUT2D eigenvalue weighted by Crippen LogP contribution is 2.35. The average molecular weight is 330 g/mol. The standard InChI is InChI=1S/C17H22N4O3/c1-11-4-5-12(18)10-13(11)19-14(22)6-9-21-15(23)17(20-16(21)24)7-2-3-8-17/h4-5,10H,2-3,6-9,18H2,1H3,(H,19,22)(H,20,24).